The number of nitrogens with one attached hydrogen (secondary N) is 1. The summed E-state index contributed by atoms with van der Waals surface area (Å²) >= 11 is 0. The van der Waals surface area contributed by atoms with Crippen molar-refractivity contribution in [1.82, 2.24) is 5.32 Å². The van der Waals surface area contributed by atoms with Gasteiger partial charge in [-0.15, -0.1) is 0 Å². The Hall–Kier alpha value is -2.11. The SMILES string of the molecule is CC[C@H](C)NC(=O)COc1ccc([N+](=O)[O-])c(C)c1. The second-order valence-electron chi connectivity index (χ2n) is 4.37. The number of nitro benzene ring substituents is 1. The number of carbonyl (C=O) groups is 1. The Bertz CT molecular complexity index is 474. The minimum absolute atomic E-state index is 0.0383. The Morgan fingerprint density at radius 2 is 2.21 bits per heavy atom. The highest BCUT2D eigenvalue weighted by molar-refractivity contribution is 5.77. The normalized spacial score (nSPS) is 11.7. The lowest BCUT2D eigenvalue weighted by atomic mass is 10.2. The van der Waals surface area contributed by atoms with Crippen molar-refractivity contribution in [3.63, 3.8) is 0 Å². The fraction of sp³-hybridized carbons (Fsp3) is 0.462. The van der Waals surface area contributed by atoms with E-state index < -0.39 is 4.92 Å². The quantitative estimate of drug-likeness (QED) is 0.632. The van der Waals surface area contributed by atoms with E-state index in [1.165, 1.54) is 12.1 Å². The first-order valence-electron chi connectivity index (χ1n) is 6.11. The zero-order chi connectivity index (χ0) is 14.4. The summed E-state index contributed by atoms with van der Waals surface area (Å²) in [5.41, 5.74) is 0.543. The lowest BCUT2D eigenvalue weighted by molar-refractivity contribution is -0.385. The predicted molar refractivity (Wildman–Crippen MR) is 71.2 cm³/mol. The van der Waals surface area contributed by atoms with Crippen LogP contribution in [0.5, 0.6) is 5.75 Å². The first-order valence-corrected chi connectivity index (χ1v) is 6.11. The Labute approximate surface area is 111 Å². The van der Waals surface area contributed by atoms with Crippen LogP contribution in [0.25, 0.3) is 0 Å². The van der Waals surface area contributed by atoms with E-state index in [0.717, 1.165) is 6.42 Å². The highest BCUT2D eigenvalue weighted by atomic mass is 16.6. The van der Waals surface area contributed by atoms with Crippen molar-refractivity contribution in [2.75, 3.05) is 6.61 Å². The van der Waals surface area contributed by atoms with E-state index in [9.17, 15) is 14.9 Å². The number of nitrogens with zero attached hydrogens (tertiary/aromatic N) is 1. The number of amides is 1. The molecule has 1 aromatic rings. The van der Waals surface area contributed by atoms with Gasteiger partial charge in [0.15, 0.2) is 6.61 Å². The van der Waals surface area contributed by atoms with Crippen molar-refractivity contribution in [1.29, 1.82) is 0 Å². The van der Waals surface area contributed by atoms with E-state index in [1.54, 1.807) is 13.0 Å². The molecular weight excluding hydrogens is 248 g/mol. The summed E-state index contributed by atoms with van der Waals surface area (Å²) in [4.78, 5) is 21.7. The first kappa shape index (κ1) is 14.9. The van der Waals surface area contributed by atoms with Gasteiger partial charge in [-0.1, -0.05) is 6.92 Å². The molecule has 0 bridgehead atoms. The molecule has 0 heterocycles. The molecule has 0 unspecified atom stereocenters. The van der Waals surface area contributed by atoms with Gasteiger partial charge in [0.1, 0.15) is 5.75 Å². The Morgan fingerprint density at radius 3 is 2.74 bits per heavy atom. The maximum absolute atomic E-state index is 11.5. The summed E-state index contributed by atoms with van der Waals surface area (Å²) in [6.07, 6.45) is 0.850. The summed E-state index contributed by atoms with van der Waals surface area (Å²) < 4.78 is 5.29. The second kappa shape index (κ2) is 6.72. The summed E-state index contributed by atoms with van der Waals surface area (Å²) in [5, 5.41) is 13.4. The lowest BCUT2D eigenvalue weighted by Gasteiger charge is -2.12. The average molecular weight is 266 g/mol. The molecule has 0 saturated carbocycles. The van der Waals surface area contributed by atoms with Crippen molar-refractivity contribution in [3.05, 3.63) is 33.9 Å². The van der Waals surface area contributed by atoms with Gasteiger partial charge in [0.2, 0.25) is 0 Å². The molecule has 1 atom stereocenters. The van der Waals surface area contributed by atoms with Crippen LogP contribution >= 0.6 is 0 Å². The molecular formula is C13H18N2O4. The van der Waals surface area contributed by atoms with Crippen LogP contribution in [0.4, 0.5) is 5.69 Å². The highest BCUT2D eigenvalue weighted by Crippen LogP contribution is 2.22. The maximum Gasteiger partial charge on any atom is 0.272 e. The third-order valence-electron chi connectivity index (χ3n) is 2.75. The number of aryl methyl sites for hydroxylation is 1. The molecule has 0 saturated heterocycles. The van der Waals surface area contributed by atoms with E-state index in [4.69, 9.17) is 4.74 Å². The number of nitro groups is 1. The molecule has 1 N–H and O–H groups in total. The van der Waals surface area contributed by atoms with E-state index in [2.05, 4.69) is 5.32 Å². The molecule has 0 radical (unpaired) electrons. The van der Waals surface area contributed by atoms with Gasteiger partial charge >= 0.3 is 0 Å². The second-order valence-corrected chi connectivity index (χ2v) is 4.37. The van der Waals surface area contributed by atoms with E-state index in [0.29, 0.717) is 11.3 Å². The van der Waals surface area contributed by atoms with Crippen molar-refractivity contribution in [2.24, 2.45) is 0 Å². The van der Waals surface area contributed by atoms with Gasteiger partial charge in [-0.05, 0) is 32.4 Å². The van der Waals surface area contributed by atoms with Gasteiger partial charge in [0, 0.05) is 17.7 Å². The number of ether oxygens (including phenoxy) is 1. The molecule has 19 heavy (non-hydrogen) atoms. The third-order valence-corrected chi connectivity index (χ3v) is 2.75. The van der Waals surface area contributed by atoms with Gasteiger partial charge in [-0.25, -0.2) is 0 Å². The van der Waals surface area contributed by atoms with Gasteiger partial charge in [0.25, 0.3) is 11.6 Å². The number of rotatable bonds is 6. The van der Waals surface area contributed by atoms with E-state index in [1.807, 2.05) is 13.8 Å². The zero-order valence-electron chi connectivity index (χ0n) is 11.3. The molecule has 0 aromatic heterocycles. The van der Waals surface area contributed by atoms with Crippen molar-refractivity contribution < 1.29 is 14.5 Å². The largest absolute Gasteiger partial charge is 0.484 e. The van der Waals surface area contributed by atoms with Gasteiger partial charge in [-0.2, -0.15) is 0 Å². The smallest absolute Gasteiger partial charge is 0.272 e. The van der Waals surface area contributed by atoms with Gasteiger partial charge < -0.3 is 10.1 Å². The summed E-state index contributed by atoms with van der Waals surface area (Å²) in [6, 6.07) is 4.52. The lowest BCUT2D eigenvalue weighted by Crippen LogP contribution is -2.35. The van der Waals surface area contributed by atoms with Crippen LogP contribution in [0.3, 0.4) is 0 Å². The van der Waals surface area contributed by atoms with Gasteiger partial charge in [-0.3, -0.25) is 14.9 Å². The summed E-state index contributed by atoms with van der Waals surface area (Å²) in [7, 11) is 0. The molecule has 1 aromatic carbocycles. The molecule has 0 aliphatic rings. The molecule has 1 amide bonds. The molecule has 0 aliphatic carbocycles. The molecule has 6 heteroatoms. The number of hydrogen-bond acceptors (Lipinski definition) is 4. The molecule has 0 fully saturated rings. The highest BCUT2D eigenvalue weighted by Gasteiger charge is 2.11. The first-order chi connectivity index (χ1) is 8.93. The van der Waals surface area contributed by atoms with Crippen LogP contribution in [0, 0.1) is 17.0 Å². The van der Waals surface area contributed by atoms with Crippen LogP contribution in [-0.2, 0) is 4.79 Å². The van der Waals surface area contributed by atoms with Crippen LogP contribution in [-0.4, -0.2) is 23.5 Å². The average Bonchev–Trinajstić information content (AvgIpc) is 2.35. The molecule has 1 rings (SSSR count). The van der Waals surface area contributed by atoms with Gasteiger partial charge in [0.05, 0.1) is 4.92 Å². The summed E-state index contributed by atoms with van der Waals surface area (Å²) in [6.45, 7) is 5.42. The molecule has 6 nitrogen and oxygen atoms in total. The predicted octanol–water partition coefficient (Wildman–Crippen LogP) is 2.20. The minimum Gasteiger partial charge on any atom is -0.484 e. The Balaban J connectivity index is 2.57. The zero-order valence-corrected chi connectivity index (χ0v) is 11.3. The summed E-state index contributed by atoms with van der Waals surface area (Å²) in [5.74, 6) is 0.243. The standard InChI is InChI=1S/C13H18N2O4/c1-4-10(3)14-13(16)8-19-11-5-6-12(15(17)18)9(2)7-11/h5-7,10H,4,8H2,1-3H3,(H,14,16)/t10-/m0/s1. The van der Waals surface area contributed by atoms with Crippen molar-refractivity contribution in [2.45, 2.75) is 33.2 Å². The number of benzene rings is 1. The minimum atomic E-state index is -0.450. The van der Waals surface area contributed by atoms with E-state index >= 15 is 0 Å². The Morgan fingerprint density at radius 1 is 1.53 bits per heavy atom. The number of carbonyl (C=O) groups excluding carboxylic acids is 1. The monoisotopic (exact) mass is 266 g/mol. The molecule has 0 aliphatic heterocycles. The van der Waals surface area contributed by atoms with Crippen LogP contribution in [0.15, 0.2) is 18.2 Å². The van der Waals surface area contributed by atoms with Crippen molar-refractivity contribution in [3.8, 4) is 5.75 Å². The van der Waals surface area contributed by atoms with Crippen LogP contribution in [0.2, 0.25) is 0 Å². The number of hydrogen-bond donors (Lipinski definition) is 1. The maximum atomic E-state index is 11.5. The fourth-order valence-electron chi connectivity index (χ4n) is 1.49. The van der Waals surface area contributed by atoms with Crippen LogP contribution in [0.1, 0.15) is 25.8 Å². The molecule has 0 spiro atoms. The topological polar surface area (TPSA) is 81.5 Å². The van der Waals surface area contributed by atoms with E-state index in [-0.39, 0.29) is 24.2 Å². The third kappa shape index (κ3) is 4.57. The van der Waals surface area contributed by atoms with Crippen molar-refractivity contribution >= 4 is 11.6 Å². The Kier molecular flexibility index (Phi) is 5.29. The molecule has 104 valence electrons. The fourth-order valence-corrected chi connectivity index (χ4v) is 1.49. The van der Waals surface area contributed by atoms with Crippen LogP contribution < -0.4 is 10.1 Å².